The summed E-state index contributed by atoms with van der Waals surface area (Å²) >= 11 is 0. The third-order valence-electron chi connectivity index (χ3n) is 10.4. The summed E-state index contributed by atoms with van der Waals surface area (Å²) in [6, 6.07) is 23.1. The zero-order chi connectivity index (χ0) is 41.6. The van der Waals surface area contributed by atoms with E-state index in [-0.39, 0.29) is 84.9 Å². The topological polar surface area (TPSA) is 138 Å². The Kier molecular flexibility index (Phi) is 20.5. The Morgan fingerprint density at radius 3 is 0.614 bits per heavy atom. The zero-order valence-electron chi connectivity index (χ0n) is 36.5. The van der Waals surface area contributed by atoms with Gasteiger partial charge in [0.15, 0.2) is 0 Å². The van der Waals surface area contributed by atoms with Crippen molar-refractivity contribution >= 4 is 15.9 Å². The van der Waals surface area contributed by atoms with Gasteiger partial charge >= 0.3 is 392 Å². The van der Waals surface area contributed by atoms with E-state index >= 15 is 0 Å². The minimum atomic E-state index is -5.30. The summed E-state index contributed by atoms with van der Waals surface area (Å²) in [4.78, 5) is 76.2. The van der Waals surface area contributed by atoms with Gasteiger partial charge < -0.3 is 0 Å². The van der Waals surface area contributed by atoms with Gasteiger partial charge in [-0.3, -0.25) is 0 Å². The number of hydrogen-bond acceptors (Lipinski definition) is 6. The minimum Gasteiger partial charge on any atom is 2.00 e. The van der Waals surface area contributed by atoms with Crippen molar-refractivity contribution in [3.05, 3.63) is 140 Å². The quantitative estimate of drug-likeness (QED) is 0.189. The Bertz CT molecular complexity index is 1670. The van der Waals surface area contributed by atoms with Crippen LogP contribution in [0.2, 0.25) is 0 Å². The molecule has 0 fully saturated rings. The van der Waals surface area contributed by atoms with Gasteiger partial charge in [-0.05, 0) is 0 Å². The first-order valence-electron chi connectivity index (χ1n) is 18.9. The van der Waals surface area contributed by atoms with Crippen molar-refractivity contribution in [2.45, 2.75) is 144 Å². The molecule has 0 aromatic heterocycles. The summed E-state index contributed by atoms with van der Waals surface area (Å²) in [6.07, 6.45) is 0. The third kappa shape index (κ3) is 13.8. The van der Waals surface area contributed by atoms with E-state index in [1.165, 1.54) is 0 Å². The normalized spacial score (nSPS) is 13.2. The molecule has 0 N–H and O–H groups in total. The number of aryl methyl sites for hydroxylation is 4. The van der Waals surface area contributed by atoms with Crippen LogP contribution in [0.1, 0.15) is 161 Å². The molecule has 0 amide bonds. The third-order valence-corrected chi connectivity index (χ3v) is 13.0. The standard InChI is InChI=1S/2C23H32O3P.3Pt/c2*1-15-11-9-13-17(22(3,4)5)19(15)21(27(24,25)26)20-16(2)12-10-14-18(20)23(6,7)8;;;/h2*9-14,21,27H,1-8H3;;;/q2*-3;3*+2. The maximum absolute atomic E-state index is 12.7. The average molecular weight is 1360 g/mol. The molecule has 0 spiro atoms. The number of hydrogen-bond donors (Lipinski definition) is 0. The van der Waals surface area contributed by atoms with Crippen LogP contribution in [0.5, 0.6) is 0 Å². The first-order chi connectivity index (χ1) is 24.3. The van der Waals surface area contributed by atoms with Gasteiger partial charge in [-0.2, -0.15) is 0 Å². The fraction of sp³-hybridized carbons (Fsp3) is 0.478. The molecule has 4 aromatic carbocycles. The van der Waals surface area contributed by atoms with Crippen LogP contribution in [-0.2, 0) is 84.9 Å². The Balaban J connectivity index is 0.00000105. The molecular weight excluding hydrogens is 1300 g/mol. The smallest absolute Gasteiger partial charge is 2.00 e. The summed E-state index contributed by atoms with van der Waals surface area (Å²) in [6.45, 7) is 32.2. The van der Waals surface area contributed by atoms with Crippen LogP contribution in [0.3, 0.4) is 0 Å². The van der Waals surface area contributed by atoms with Crippen LogP contribution in [0.15, 0.2) is 72.8 Å². The molecule has 0 saturated carbocycles. The van der Waals surface area contributed by atoms with E-state index in [0.29, 0.717) is 22.3 Å². The van der Waals surface area contributed by atoms with Gasteiger partial charge in [0.2, 0.25) is 0 Å². The van der Waals surface area contributed by atoms with Crippen molar-refractivity contribution in [1.82, 2.24) is 0 Å². The molecule has 0 unspecified atom stereocenters. The summed E-state index contributed by atoms with van der Waals surface area (Å²) in [5.41, 5.74) is 6.19. The van der Waals surface area contributed by atoms with Crippen molar-refractivity contribution in [1.29, 1.82) is 0 Å². The van der Waals surface area contributed by atoms with Crippen LogP contribution in [0.25, 0.3) is 0 Å². The van der Waals surface area contributed by atoms with Crippen molar-refractivity contribution in [3.8, 4) is 0 Å². The molecule has 6 nitrogen and oxygen atoms in total. The minimum absolute atomic E-state index is 0. The molecule has 4 rings (SSSR count). The van der Waals surface area contributed by atoms with Crippen molar-refractivity contribution in [2.24, 2.45) is 0 Å². The maximum Gasteiger partial charge on any atom is 2.00 e. The van der Waals surface area contributed by atoms with Gasteiger partial charge in [-0.15, -0.1) is 0 Å². The average Bonchev–Trinajstić information content (AvgIpc) is 2.97. The van der Waals surface area contributed by atoms with Crippen LogP contribution < -0.4 is 29.4 Å². The van der Waals surface area contributed by atoms with E-state index in [2.05, 4.69) is 83.1 Å². The van der Waals surface area contributed by atoms with Gasteiger partial charge in [-0.1, -0.05) is 0 Å². The molecule has 0 saturated heterocycles. The van der Waals surface area contributed by atoms with Gasteiger partial charge in [0, 0.05) is 0 Å². The van der Waals surface area contributed by atoms with Gasteiger partial charge in [0.1, 0.15) is 0 Å². The zero-order valence-corrected chi connectivity index (χ0v) is 45.3. The van der Waals surface area contributed by atoms with E-state index < -0.39 is 27.2 Å². The van der Waals surface area contributed by atoms with Crippen molar-refractivity contribution in [3.63, 3.8) is 0 Å². The Morgan fingerprint density at radius 2 is 0.491 bits per heavy atom. The second-order valence-electron chi connectivity index (χ2n) is 19.2. The summed E-state index contributed by atoms with van der Waals surface area (Å²) in [5, 5.41) is 0. The van der Waals surface area contributed by atoms with Crippen LogP contribution in [0.4, 0.5) is 0 Å². The number of benzene rings is 4. The molecule has 324 valence electrons. The molecule has 0 bridgehead atoms. The summed E-state index contributed by atoms with van der Waals surface area (Å²) in [7, 11) is -10.6. The van der Waals surface area contributed by atoms with Crippen molar-refractivity contribution < 1.29 is 92.6 Å². The molecule has 0 aliphatic heterocycles. The SMILES string of the molecule is Cc1cccc(C(C)(C)C)c1C(c1c(C)cccc1C(C)(C)C)[PH]([O-])([O-])[O-].Cc1cccc(C(C)(C)C)c1C(c1c(C)cccc1C(C)(C)C)[PH]([O-])([O-])[O-].[Pt+2].[Pt+2].[Pt+2]. The molecule has 0 aliphatic carbocycles. The largest absolute Gasteiger partial charge is 2.00 e. The predicted molar refractivity (Wildman–Crippen MR) is 220 cm³/mol. The van der Waals surface area contributed by atoms with E-state index in [4.69, 9.17) is 0 Å². The van der Waals surface area contributed by atoms with Gasteiger partial charge in [0.05, 0.1) is 0 Å². The molecule has 57 heavy (non-hydrogen) atoms. The maximum atomic E-state index is 12.7. The monoisotopic (exact) mass is 1360 g/mol. The number of rotatable bonds is 6. The molecule has 0 radical (unpaired) electrons. The van der Waals surface area contributed by atoms with Crippen LogP contribution in [-0.4, -0.2) is 0 Å². The van der Waals surface area contributed by atoms with Crippen LogP contribution >= 0.6 is 15.9 Å². The van der Waals surface area contributed by atoms with E-state index in [0.717, 1.165) is 44.5 Å². The summed E-state index contributed by atoms with van der Waals surface area (Å²) in [5.74, 6) is 0. The molecule has 11 heteroatoms. The van der Waals surface area contributed by atoms with E-state index in [1.54, 1.807) is 0 Å². The molecular formula is C46H64O6P2Pt3. The van der Waals surface area contributed by atoms with Crippen molar-refractivity contribution in [2.75, 3.05) is 0 Å². The fourth-order valence-corrected chi connectivity index (χ4v) is 10.8. The van der Waals surface area contributed by atoms with E-state index in [1.807, 2.05) is 100 Å². The first kappa shape index (κ1) is 56.6. The second kappa shape index (κ2) is 20.6. The van der Waals surface area contributed by atoms with Gasteiger partial charge in [-0.25, -0.2) is 0 Å². The molecule has 0 heterocycles. The Morgan fingerprint density at radius 1 is 0.333 bits per heavy atom. The summed E-state index contributed by atoms with van der Waals surface area (Å²) < 4.78 is 0. The fourth-order valence-electron chi connectivity index (χ4n) is 7.87. The Hall–Kier alpha value is -0.435. The van der Waals surface area contributed by atoms with Crippen LogP contribution in [0, 0.1) is 27.7 Å². The molecule has 4 aromatic rings. The second-order valence-corrected chi connectivity index (χ2v) is 22.8. The van der Waals surface area contributed by atoms with E-state index in [9.17, 15) is 29.4 Å². The molecule has 0 aliphatic rings. The molecule has 0 atom stereocenters. The first-order valence-corrected chi connectivity index (χ1v) is 22.5. The van der Waals surface area contributed by atoms with Gasteiger partial charge in [0.25, 0.3) is 0 Å². The predicted octanol–water partition coefficient (Wildman–Crippen LogP) is 7.12. The Labute approximate surface area is 388 Å².